The maximum atomic E-state index is 12.3. The van der Waals surface area contributed by atoms with E-state index in [-0.39, 0.29) is 5.91 Å². The lowest BCUT2D eigenvalue weighted by atomic mass is 10.0. The number of rotatable bonds is 4. The van der Waals surface area contributed by atoms with Crippen molar-refractivity contribution in [3.05, 3.63) is 53.7 Å². The molecule has 0 radical (unpaired) electrons. The van der Waals surface area contributed by atoms with Gasteiger partial charge in [-0.1, -0.05) is 32.0 Å². The van der Waals surface area contributed by atoms with Crippen LogP contribution in [0, 0.1) is 0 Å². The van der Waals surface area contributed by atoms with Gasteiger partial charge in [-0.3, -0.25) is 4.79 Å². The number of benzene rings is 1. The molecule has 4 heteroatoms. The lowest BCUT2D eigenvalue weighted by Gasteiger charge is -2.14. The van der Waals surface area contributed by atoms with Crippen LogP contribution in [0.2, 0.25) is 0 Å². The van der Waals surface area contributed by atoms with Crippen molar-refractivity contribution in [2.75, 3.05) is 12.4 Å². The summed E-state index contributed by atoms with van der Waals surface area (Å²) in [6, 6.07) is 11.2. The van der Waals surface area contributed by atoms with Crippen LogP contribution >= 0.6 is 0 Å². The molecule has 0 fully saturated rings. The van der Waals surface area contributed by atoms with E-state index < -0.39 is 0 Å². The van der Waals surface area contributed by atoms with Gasteiger partial charge in [-0.05, 0) is 29.7 Å². The average Bonchev–Trinajstić information content (AvgIpc) is 2.47. The van der Waals surface area contributed by atoms with Crippen molar-refractivity contribution in [2.24, 2.45) is 0 Å². The van der Waals surface area contributed by atoms with E-state index in [1.165, 1.54) is 7.11 Å². The predicted molar refractivity (Wildman–Crippen MR) is 79.3 cm³/mol. The van der Waals surface area contributed by atoms with Gasteiger partial charge in [0.25, 0.3) is 5.91 Å². The van der Waals surface area contributed by atoms with Crippen LogP contribution in [0.4, 0.5) is 5.69 Å². The number of ether oxygens (including phenoxy) is 1. The highest BCUT2D eigenvalue weighted by molar-refractivity contribution is 6.06. The van der Waals surface area contributed by atoms with Crippen LogP contribution in [-0.4, -0.2) is 18.0 Å². The third-order valence-electron chi connectivity index (χ3n) is 3.04. The molecule has 0 aliphatic carbocycles. The number of aromatic nitrogens is 1. The fourth-order valence-electron chi connectivity index (χ4n) is 2.03. The normalized spacial score (nSPS) is 10.4. The number of nitrogens with zero attached hydrogens (tertiary/aromatic N) is 1. The van der Waals surface area contributed by atoms with Crippen LogP contribution in [0.5, 0.6) is 5.88 Å². The number of anilines is 1. The summed E-state index contributed by atoms with van der Waals surface area (Å²) in [4.78, 5) is 16.4. The molecule has 104 valence electrons. The zero-order valence-corrected chi connectivity index (χ0v) is 11.9. The number of para-hydroxylation sites is 1. The molecule has 0 bridgehead atoms. The Morgan fingerprint density at radius 3 is 2.65 bits per heavy atom. The molecule has 20 heavy (non-hydrogen) atoms. The number of methoxy groups -OCH3 is 1. The second kappa shape index (κ2) is 6.19. The fraction of sp³-hybridized carbons (Fsp3) is 0.250. The minimum absolute atomic E-state index is 0.219. The number of hydrogen-bond acceptors (Lipinski definition) is 3. The molecule has 0 saturated carbocycles. The molecule has 1 heterocycles. The van der Waals surface area contributed by atoms with Gasteiger partial charge in [0.1, 0.15) is 5.56 Å². The van der Waals surface area contributed by atoms with Gasteiger partial charge >= 0.3 is 0 Å². The summed E-state index contributed by atoms with van der Waals surface area (Å²) >= 11 is 0. The van der Waals surface area contributed by atoms with Crippen molar-refractivity contribution in [3.8, 4) is 5.88 Å². The molecule has 0 spiro atoms. The van der Waals surface area contributed by atoms with E-state index in [0.29, 0.717) is 17.4 Å². The molecule has 4 nitrogen and oxygen atoms in total. The number of carbonyl (C=O) groups excluding carboxylic acids is 1. The van der Waals surface area contributed by atoms with Gasteiger partial charge in [-0.2, -0.15) is 0 Å². The number of amides is 1. The van der Waals surface area contributed by atoms with Gasteiger partial charge in [-0.25, -0.2) is 4.98 Å². The maximum Gasteiger partial charge on any atom is 0.261 e. The molecule has 1 N–H and O–H groups in total. The minimum Gasteiger partial charge on any atom is -0.480 e. The van der Waals surface area contributed by atoms with Gasteiger partial charge in [0.05, 0.1) is 7.11 Å². The summed E-state index contributed by atoms with van der Waals surface area (Å²) in [6.45, 7) is 4.19. The predicted octanol–water partition coefficient (Wildman–Crippen LogP) is 3.47. The lowest BCUT2D eigenvalue weighted by molar-refractivity contribution is 0.102. The first-order valence-corrected chi connectivity index (χ1v) is 6.52. The summed E-state index contributed by atoms with van der Waals surface area (Å²) in [5, 5.41) is 2.92. The highest BCUT2D eigenvalue weighted by atomic mass is 16.5. The standard InChI is InChI=1S/C16H18N2O2/c1-11(2)12-7-4-5-9-14(12)18-15(19)13-8-6-10-17-16(13)20-3/h4-11H,1-3H3,(H,18,19). The number of hydrogen-bond donors (Lipinski definition) is 1. The number of carbonyl (C=O) groups is 1. The molecular weight excluding hydrogens is 252 g/mol. The largest absolute Gasteiger partial charge is 0.480 e. The number of nitrogens with one attached hydrogen (secondary N) is 1. The second-order valence-electron chi connectivity index (χ2n) is 4.76. The fourth-order valence-corrected chi connectivity index (χ4v) is 2.03. The van der Waals surface area contributed by atoms with Crippen molar-refractivity contribution >= 4 is 11.6 Å². The van der Waals surface area contributed by atoms with Gasteiger partial charge < -0.3 is 10.1 Å². The Bertz CT molecular complexity index is 609. The molecular formula is C16H18N2O2. The molecule has 1 amide bonds. The monoisotopic (exact) mass is 270 g/mol. The first kappa shape index (κ1) is 14.1. The summed E-state index contributed by atoms with van der Waals surface area (Å²) < 4.78 is 5.11. The maximum absolute atomic E-state index is 12.3. The molecule has 0 atom stereocenters. The van der Waals surface area contributed by atoms with Crippen molar-refractivity contribution < 1.29 is 9.53 Å². The zero-order valence-electron chi connectivity index (χ0n) is 11.9. The Morgan fingerprint density at radius 2 is 1.95 bits per heavy atom. The molecule has 2 rings (SSSR count). The Kier molecular flexibility index (Phi) is 4.35. The average molecular weight is 270 g/mol. The summed E-state index contributed by atoms with van der Waals surface area (Å²) in [6.07, 6.45) is 1.59. The van der Waals surface area contributed by atoms with Crippen LogP contribution in [0.25, 0.3) is 0 Å². The van der Waals surface area contributed by atoms with Gasteiger partial charge in [0, 0.05) is 11.9 Å². The van der Waals surface area contributed by atoms with E-state index >= 15 is 0 Å². The Hall–Kier alpha value is -2.36. The molecule has 2 aromatic rings. The van der Waals surface area contributed by atoms with E-state index in [9.17, 15) is 4.79 Å². The Morgan fingerprint density at radius 1 is 1.20 bits per heavy atom. The van der Waals surface area contributed by atoms with E-state index in [1.807, 2.05) is 24.3 Å². The van der Waals surface area contributed by atoms with Gasteiger partial charge in [0.2, 0.25) is 5.88 Å². The smallest absolute Gasteiger partial charge is 0.261 e. The van der Waals surface area contributed by atoms with Gasteiger partial charge in [0.15, 0.2) is 0 Å². The summed E-state index contributed by atoms with van der Waals surface area (Å²) in [5.74, 6) is 0.442. The minimum atomic E-state index is -0.219. The van der Waals surface area contributed by atoms with Crippen molar-refractivity contribution in [3.63, 3.8) is 0 Å². The van der Waals surface area contributed by atoms with Crippen molar-refractivity contribution in [1.29, 1.82) is 0 Å². The molecule has 0 aliphatic rings. The first-order valence-electron chi connectivity index (χ1n) is 6.52. The highest BCUT2D eigenvalue weighted by Crippen LogP contribution is 2.25. The molecule has 1 aromatic heterocycles. The molecule has 0 saturated heterocycles. The summed E-state index contributed by atoms with van der Waals surface area (Å²) in [7, 11) is 1.50. The topological polar surface area (TPSA) is 51.2 Å². The van der Waals surface area contributed by atoms with Gasteiger partial charge in [-0.15, -0.1) is 0 Å². The zero-order chi connectivity index (χ0) is 14.5. The van der Waals surface area contributed by atoms with E-state index in [1.54, 1.807) is 18.3 Å². The van der Waals surface area contributed by atoms with Crippen molar-refractivity contribution in [1.82, 2.24) is 4.98 Å². The van der Waals surface area contributed by atoms with E-state index in [0.717, 1.165) is 11.3 Å². The second-order valence-corrected chi connectivity index (χ2v) is 4.76. The van der Waals surface area contributed by atoms with Crippen molar-refractivity contribution in [2.45, 2.75) is 19.8 Å². The quantitative estimate of drug-likeness (QED) is 0.925. The Labute approximate surface area is 118 Å². The SMILES string of the molecule is COc1ncccc1C(=O)Nc1ccccc1C(C)C. The summed E-state index contributed by atoms with van der Waals surface area (Å²) in [5.41, 5.74) is 2.34. The van der Waals surface area contributed by atoms with Crippen LogP contribution in [-0.2, 0) is 0 Å². The van der Waals surface area contributed by atoms with Crippen LogP contribution in [0.15, 0.2) is 42.6 Å². The molecule has 0 unspecified atom stereocenters. The van der Waals surface area contributed by atoms with Crippen LogP contribution in [0.1, 0.15) is 35.7 Å². The first-order chi connectivity index (χ1) is 9.63. The Balaban J connectivity index is 2.28. The third kappa shape index (κ3) is 2.96. The highest BCUT2D eigenvalue weighted by Gasteiger charge is 2.15. The van der Waals surface area contributed by atoms with E-state index in [2.05, 4.69) is 24.1 Å². The van der Waals surface area contributed by atoms with Crippen LogP contribution < -0.4 is 10.1 Å². The van der Waals surface area contributed by atoms with Crippen LogP contribution in [0.3, 0.4) is 0 Å². The molecule has 0 aliphatic heterocycles. The number of pyridine rings is 1. The molecule has 1 aromatic carbocycles. The lowest BCUT2D eigenvalue weighted by Crippen LogP contribution is -2.15. The van der Waals surface area contributed by atoms with E-state index in [4.69, 9.17) is 4.74 Å². The third-order valence-corrected chi connectivity index (χ3v) is 3.04.